The van der Waals surface area contributed by atoms with Crippen LogP contribution >= 0.6 is 11.8 Å². The molecule has 1 amide bonds. The molecule has 0 fully saturated rings. The van der Waals surface area contributed by atoms with E-state index < -0.39 is 18.5 Å². The Morgan fingerprint density at radius 2 is 1.90 bits per heavy atom. The topological polar surface area (TPSA) is 99.0 Å². The highest BCUT2D eigenvalue weighted by atomic mass is 32.2. The molecule has 1 aromatic heterocycles. The number of amides is 1. The number of aromatic nitrogens is 4. The summed E-state index contributed by atoms with van der Waals surface area (Å²) in [5.41, 5.74) is 1.21. The summed E-state index contributed by atoms with van der Waals surface area (Å²) in [4.78, 5) is 24.7. The molecule has 0 spiro atoms. The van der Waals surface area contributed by atoms with E-state index in [0.29, 0.717) is 22.0 Å². The van der Waals surface area contributed by atoms with Crippen LogP contribution < -0.4 is 5.32 Å². The second-order valence-electron chi connectivity index (χ2n) is 5.68. The zero-order chi connectivity index (χ0) is 20.5. The first-order chi connectivity index (χ1) is 14.2. The number of nitrogens with one attached hydrogen (secondary N) is 1. The van der Waals surface area contributed by atoms with E-state index in [-0.39, 0.29) is 6.54 Å². The fraction of sp³-hybridized carbons (Fsp3) is 0.150. The highest BCUT2D eigenvalue weighted by Gasteiger charge is 2.16. The maximum Gasteiger partial charge on any atom is 0.339 e. The second-order valence-corrected chi connectivity index (χ2v) is 6.70. The molecule has 1 N–H and O–H groups in total. The summed E-state index contributed by atoms with van der Waals surface area (Å²) < 4.78 is 6.72. The van der Waals surface area contributed by atoms with Crippen molar-refractivity contribution in [1.29, 1.82) is 0 Å². The van der Waals surface area contributed by atoms with Gasteiger partial charge in [0.2, 0.25) is 0 Å². The lowest BCUT2D eigenvalue weighted by atomic mass is 10.2. The van der Waals surface area contributed by atoms with Gasteiger partial charge in [-0.05, 0) is 34.7 Å². The van der Waals surface area contributed by atoms with Gasteiger partial charge < -0.3 is 10.1 Å². The largest absolute Gasteiger partial charge is 0.452 e. The average Bonchev–Trinajstić information content (AvgIpc) is 3.24. The van der Waals surface area contributed by atoms with Crippen LogP contribution in [0.3, 0.4) is 0 Å². The first kappa shape index (κ1) is 20.1. The molecule has 9 heteroatoms. The number of terminal acetylenes is 1. The molecule has 8 nitrogen and oxygen atoms in total. The van der Waals surface area contributed by atoms with E-state index in [0.717, 1.165) is 5.69 Å². The fourth-order valence-electron chi connectivity index (χ4n) is 2.38. The van der Waals surface area contributed by atoms with E-state index in [2.05, 4.69) is 26.8 Å². The van der Waals surface area contributed by atoms with E-state index in [1.807, 2.05) is 36.4 Å². The van der Waals surface area contributed by atoms with Crippen molar-refractivity contribution < 1.29 is 14.3 Å². The van der Waals surface area contributed by atoms with E-state index in [9.17, 15) is 9.59 Å². The van der Waals surface area contributed by atoms with Crippen LogP contribution in [0.4, 0.5) is 0 Å². The first-order valence-electron chi connectivity index (χ1n) is 8.61. The van der Waals surface area contributed by atoms with Crippen LogP contribution in [-0.4, -0.2) is 45.2 Å². The lowest BCUT2D eigenvalue weighted by Gasteiger charge is -2.09. The predicted octanol–water partition coefficient (Wildman–Crippen LogP) is 1.86. The Morgan fingerprint density at radius 1 is 1.14 bits per heavy atom. The van der Waals surface area contributed by atoms with Gasteiger partial charge in [-0.1, -0.05) is 36.3 Å². The minimum Gasteiger partial charge on any atom is -0.452 e. The van der Waals surface area contributed by atoms with E-state index in [4.69, 9.17) is 11.2 Å². The Labute approximate surface area is 171 Å². The molecule has 29 heavy (non-hydrogen) atoms. The van der Waals surface area contributed by atoms with Crippen molar-refractivity contribution in [2.75, 3.05) is 13.2 Å². The van der Waals surface area contributed by atoms with Crippen molar-refractivity contribution in [1.82, 2.24) is 25.5 Å². The molecule has 2 aromatic carbocycles. The Morgan fingerprint density at radius 3 is 2.69 bits per heavy atom. The number of tetrazole rings is 1. The normalized spacial score (nSPS) is 10.2. The number of nitrogens with zero attached hydrogens (tertiary/aromatic N) is 4. The number of carbonyl (C=O) groups excluding carboxylic acids is 2. The highest BCUT2D eigenvalue weighted by molar-refractivity contribution is 7.98. The molecule has 0 saturated heterocycles. The van der Waals surface area contributed by atoms with Gasteiger partial charge in [0.05, 0.1) is 23.5 Å². The van der Waals surface area contributed by atoms with E-state index >= 15 is 0 Å². The van der Waals surface area contributed by atoms with Crippen molar-refractivity contribution >= 4 is 23.6 Å². The second kappa shape index (κ2) is 10.1. The van der Waals surface area contributed by atoms with Crippen LogP contribution in [0.1, 0.15) is 16.2 Å². The molecular formula is C20H17N5O3S. The van der Waals surface area contributed by atoms with E-state index in [1.54, 1.807) is 22.9 Å². The Bertz CT molecular complexity index is 1030. The number of rotatable bonds is 8. The minimum atomic E-state index is -0.591. The van der Waals surface area contributed by atoms with Gasteiger partial charge in [-0.15, -0.1) is 23.3 Å². The SMILES string of the molecule is C#CCNC(=O)COC(=O)c1ccccc1SCc1nnnn1-c1ccccc1. The van der Waals surface area contributed by atoms with Crippen molar-refractivity contribution in [3.05, 3.63) is 66.0 Å². The quantitative estimate of drug-likeness (QED) is 0.346. The number of ether oxygens (including phenoxy) is 1. The summed E-state index contributed by atoms with van der Waals surface area (Å²) >= 11 is 1.40. The number of hydrogen-bond acceptors (Lipinski definition) is 7. The molecule has 0 aliphatic carbocycles. The number of para-hydroxylation sites is 1. The summed E-state index contributed by atoms with van der Waals surface area (Å²) in [6.45, 7) is -0.315. The summed E-state index contributed by atoms with van der Waals surface area (Å²) in [6, 6.07) is 16.5. The maximum atomic E-state index is 12.4. The predicted molar refractivity (Wildman–Crippen MR) is 107 cm³/mol. The van der Waals surface area contributed by atoms with Crippen molar-refractivity contribution in [2.45, 2.75) is 10.6 Å². The summed E-state index contributed by atoms with van der Waals surface area (Å²) in [5.74, 6) is 2.31. The maximum absolute atomic E-state index is 12.4. The Kier molecular flexibility index (Phi) is 6.97. The van der Waals surface area contributed by atoms with Gasteiger partial charge in [0, 0.05) is 4.90 Å². The lowest BCUT2D eigenvalue weighted by molar-refractivity contribution is -0.123. The van der Waals surface area contributed by atoms with Gasteiger partial charge in [-0.2, -0.15) is 4.68 Å². The molecular weight excluding hydrogens is 390 g/mol. The van der Waals surface area contributed by atoms with Crippen LogP contribution in [0.5, 0.6) is 0 Å². The Hall–Kier alpha value is -3.64. The zero-order valence-corrected chi connectivity index (χ0v) is 16.1. The van der Waals surface area contributed by atoms with Gasteiger partial charge >= 0.3 is 5.97 Å². The fourth-order valence-corrected chi connectivity index (χ4v) is 3.32. The molecule has 0 radical (unpaired) electrons. The number of thioether (sulfide) groups is 1. The van der Waals surface area contributed by atoms with E-state index in [1.165, 1.54) is 11.8 Å². The van der Waals surface area contributed by atoms with Gasteiger partial charge in [0.1, 0.15) is 0 Å². The molecule has 0 atom stereocenters. The third-order valence-corrected chi connectivity index (χ3v) is 4.79. The molecule has 0 unspecified atom stereocenters. The van der Waals surface area contributed by atoms with Gasteiger partial charge in [-0.25, -0.2) is 4.79 Å². The third kappa shape index (κ3) is 5.43. The average molecular weight is 407 g/mol. The van der Waals surface area contributed by atoms with Crippen LogP contribution in [0.25, 0.3) is 5.69 Å². The van der Waals surface area contributed by atoms with Crippen LogP contribution in [0.15, 0.2) is 59.5 Å². The Balaban J connectivity index is 1.66. The standard InChI is InChI=1S/C20H17N5O3S/c1-2-12-21-19(26)13-28-20(27)16-10-6-7-11-17(16)29-14-18-22-23-24-25(18)15-8-4-3-5-9-15/h1,3-11H,12-14H2,(H,21,26). The summed E-state index contributed by atoms with van der Waals surface area (Å²) in [6.07, 6.45) is 5.07. The first-order valence-corrected chi connectivity index (χ1v) is 9.59. The van der Waals surface area contributed by atoms with Gasteiger partial charge in [0.25, 0.3) is 5.91 Å². The monoisotopic (exact) mass is 407 g/mol. The van der Waals surface area contributed by atoms with Crippen LogP contribution in [0.2, 0.25) is 0 Å². The molecule has 0 bridgehead atoms. The molecule has 3 aromatic rings. The van der Waals surface area contributed by atoms with Crippen molar-refractivity contribution in [3.8, 4) is 18.0 Å². The molecule has 3 rings (SSSR count). The third-order valence-electron chi connectivity index (χ3n) is 3.72. The number of hydrogen-bond donors (Lipinski definition) is 1. The molecule has 1 heterocycles. The van der Waals surface area contributed by atoms with Crippen LogP contribution in [0, 0.1) is 12.3 Å². The van der Waals surface area contributed by atoms with Crippen LogP contribution in [-0.2, 0) is 15.3 Å². The van der Waals surface area contributed by atoms with Crippen molar-refractivity contribution in [2.24, 2.45) is 0 Å². The summed E-state index contributed by atoms with van der Waals surface area (Å²) in [5, 5.41) is 14.3. The molecule has 146 valence electrons. The number of carbonyl (C=O) groups is 2. The number of esters is 1. The zero-order valence-electron chi connectivity index (χ0n) is 15.3. The number of benzene rings is 2. The van der Waals surface area contributed by atoms with Gasteiger partial charge in [0.15, 0.2) is 12.4 Å². The molecule has 0 aliphatic rings. The smallest absolute Gasteiger partial charge is 0.339 e. The highest BCUT2D eigenvalue weighted by Crippen LogP contribution is 2.26. The minimum absolute atomic E-state index is 0.0823. The van der Waals surface area contributed by atoms with Crippen molar-refractivity contribution in [3.63, 3.8) is 0 Å². The summed E-state index contributed by atoms with van der Waals surface area (Å²) in [7, 11) is 0. The molecule has 0 aliphatic heterocycles. The molecule has 0 saturated carbocycles. The lowest BCUT2D eigenvalue weighted by Crippen LogP contribution is -2.29. The van der Waals surface area contributed by atoms with Gasteiger partial charge in [-0.3, -0.25) is 4.79 Å².